The summed E-state index contributed by atoms with van der Waals surface area (Å²) < 4.78 is 11.4. The molecule has 2 N–H and O–H groups in total. The van der Waals surface area contributed by atoms with Crippen LogP contribution in [-0.4, -0.2) is 19.2 Å². The van der Waals surface area contributed by atoms with Gasteiger partial charge >= 0.3 is 0 Å². The second-order valence-electron chi connectivity index (χ2n) is 4.95. The van der Waals surface area contributed by atoms with Crippen molar-refractivity contribution in [3.8, 4) is 11.5 Å². The largest absolute Gasteiger partial charge is 0.454 e. The van der Waals surface area contributed by atoms with Gasteiger partial charge < -0.3 is 20.1 Å². The predicted molar refractivity (Wildman–Crippen MR) is 88.6 cm³/mol. The molecule has 1 aliphatic heterocycles. The monoisotopic (exact) mass is 362 g/mol. The lowest BCUT2D eigenvalue weighted by Gasteiger charge is -2.10. The Morgan fingerprint density at radius 2 is 2.00 bits per heavy atom. The summed E-state index contributed by atoms with van der Waals surface area (Å²) in [6.07, 6.45) is 0. The Hall–Kier alpha value is -2.21. The van der Waals surface area contributed by atoms with Crippen LogP contribution in [0.2, 0.25) is 0 Å². The standard InChI is InChI=1S/C16H15BrN2O3/c1-10-2-4-13(12(17)6-10)19-16(20)8-18-11-3-5-14-15(7-11)22-9-21-14/h2-7,18H,8-9H2,1H3,(H,19,20). The molecule has 0 radical (unpaired) electrons. The van der Waals surface area contributed by atoms with Crippen molar-refractivity contribution in [3.05, 3.63) is 46.4 Å². The number of aryl methyl sites for hydroxylation is 1. The highest BCUT2D eigenvalue weighted by molar-refractivity contribution is 9.10. The van der Waals surface area contributed by atoms with Crippen LogP contribution in [0, 0.1) is 6.92 Å². The highest BCUT2D eigenvalue weighted by Gasteiger charge is 2.13. The van der Waals surface area contributed by atoms with Gasteiger partial charge in [0.15, 0.2) is 11.5 Å². The molecule has 0 aromatic heterocycles. The van der Waals surface area contributed by atoms with Gasteiger partial charge in [0.25, 0.3) is 0 Å². The molecular formula is C16H15BrN2O3. The number of rotatable bonds is 4. The number of halogens is 1. The van der Waals surface area contributed by atoms with E-state index in [1.54, 1.807) is 0 Å². The SMILES string of the molecule is Cc1ccc(NC(=O)CNc2ccc3c(c2)OCO3)c(Br)c1. The zero-order chi connectivity index (χ0) is 15.5. The molecular weight excluding hydrogens is 348 g/mol. The normalized spacial score (nSPS) is 12.1. The Kier molecular flexibility index (Phi) is 4.20. The van der Waals surface area contributed by atoms with E-state index in [2.05, 4.69) is 26.6 Å². The second kappa shape index (κ2) is 6.27. The van der Waals surface area contributed by atoms with Crippen LogP contribution in [0.1, 0.15) is 5.56 Å². The molecule has 2 aromatic carbocycles. The summed E-state index contributed by atoms with van der Waals surface area (Å²) >= 11 is 3.44. The van der Waals surface area contributed by atoms with E-state index in [1.165, 1.54) is 0 Å². The van der Waals surface area contributed by atoms with Gasteiger partial charge in [0.1, 0.15) is 0 Å². The lowest BCUT2D eigenvalue weighted by molar-refractivity contribution is -0.114. The fraction of sp³-hybridized carbons (Fsp3) is 0.188. The van der Waals surface area contributed by atoms with Gasteiger partial charge in [-0.1, -0.05) is 6.07 Å². The van der Waals surface area contributed by atoms with Crippen LogP contribution in [0.3, 0.4) is 0 Å². The number of carbonyl (C=O) groups is 1. The predicted octanol–water partition coefficient (Wildman–Crippen LogP) is 3.54. The number of nitrogens with one attached hydrogen (secondary N) is 2. The van der Waals surface area contributed by atoms with E-state index in [0.29, 0.717) is 5.75 Å². The molecule has 3 rings (SSSR count). The average Bonchev–Trinajstić information content (AvgIpc) is 2.95. The Labute approximate surface area is 136 Å². The van der Waals surface area contributed by atoms with Crippen LogP contribution >= 0.6 is 15.9 Å². The minimum atomic E-state index is -0.123. The van der Waals surface area contributed by atoms with E-state index in [1.807, 2.05) is 43.3 Å². The van der Waals surface area contributed by atoms with Crippen molar-refractivity contribution < 1.29 is 14.3 Å². The number of ether oxygens (including phenoxy) is 2. The smallest absolute Gasteiger partial charge is 0.243 e. The molecule has 0 atom stereocenters. The molecule has 2 aromatic rings. The fourth-order valence-electron chi connectivity index (χ4n) is 2.10. The Balaban J connectivity index is 1.58. The quantitative estimate of drug-likeness (QED) is 0.873. The second-order valence-corrected chi connectivity index (χ2v) is 5.81. The first-order valence-electron chi connectivity index (χ1n) is 6.81. The van der Waals surface area contributed by atoms with Crippen molar-refractivity contribution >= 4 is 33.2 Å². The Morgan fingerprint density at radius 3 is 2.82 bits per heavy atom. The maximum atomic E-state index is 12.0. The summed E-state index contributed by atoms with van der Waals surface area (Å²) in [6, 6.07) is 11.3. The van der Waals surface area contributed by atoms with Gasteiger partial charge in [0, 0.05) is 16.2 Å². The third kappa shape index (κ3) is 3.33. The summed E-state index contributed by atoms with van der Waals surface area (Å²) in [5.41, 5.74) is 2.69. The number of fused-ring (bicyclic) bond motifs is 1. The van der Waals surface area contributed by atoms with E-state index >= 15 is 0 Å². The average molecular weight is 363 g/mol. The topological polar surface area (TPSA) is 59.6 Å². The molecule has 6 heteroatoms. The Morgan fingerprint density at radius 1 is 1.18 bits per heavy atom. The van der Waals surface area contributed by atoms with E-state index in [4.69, 9.17) is 9.47 Å². The van der Waals surface area contributed by atoms with Gasteiger partial charge in [-0.2, -0.15) is 0 Å². The van der Waals surface area contributed by atoms with Crippen LogP contribution < -0.4 is 20.1 Å². The first kappa shape index (κ1) is 14.7. The molecule has 114 valence electrons. The van der Waals surface area contributed by atoms with Gasteiger partial charge in [0.2, 0.25) is 12.7 Å². The maximum Gasteiger partial charge on any atom is 0.243 e. The zero-order valence-corrected chi connectivity index (χ0v) is 13.6. The van der Waals surface area contributed by atoms with Gasteiger partial charge in [0.05, 0.1) is 12.2 Å². The summed E-state index contributed by atoms with van der Waals surface area (Å²) in [6.45, 7) is 2.40. The highest BCUT2D eigenvalue weighted by Crippen LogP contribution is 2.34. The van der Waals surface area contributed by atoms with Crippen molar-refractivity contribution in [2.24, 2.45) is 0 Å². The minimum Gasteiger partial charge on any atom is -0.454 e. The lowest BCUT2D eigenvalue weighted by atomic mass is 10.2. The molecule has 0 aliphatic carbocycles. The van der Waals surface area contributed by atoms with E-state index in [9.17, 15) is 4.79 Å². The summed E-state index contributed by atoms with van der Waals surface area (Å²) in [4.78, 5) is 12.0. The van der Waals surface area contributed by atoms with E-state index in [-0.39, 0.29) is 19.2 Å². The van der Waals surface area contributed by atoms with Gasteiger partial charge in [-0.25, -0.2) is 0 Å². The number of carbonyl (C=O) groups excluding carboxylic acids is 1. The van der Waals surface area contributed by atoms with Crippen molar-refractivity contribution in [1.82, 2.24) is 0 Å². The van der Waals surface area contributed by atoms with Crippen molar-refractivity contribution in [1.29, 1.82) is 0 Å². The van der Waals surface area contributed by atoms with Crippen molar-refractivity contribution in [2.75, 3.05) is 24.0 Å². The molecule has 0 saturated carbocycles. The maximum absolute atomic E-state index is 12.0. The third-order valence-electron chi connectivity index (χ3n) is 3.22. The molecule has 0 spiro atoms. The first-order valence-corrected chi connectivity index (χ1v) is 7.60. The number of amides is 1. The number of hydrogen-bond acceptors (Lipinski definition) is 4. The van der Waals surface area contributed by atoms with Crippen LogP contribution in [0.25, 0.3) is 0 Å². The van der Waals surface area contributed by atoms with Gasteiger partial charge in [-0.05, 0) is 52.7 Å². The summed E-state index contributed by atoms with van der Waals surface area (Å²) in [7, 11) is 0. The Bertz CT molecular complexity index is 719. The van der Waals surface area contributed by atoms with Crippen LogP contribution in [-0.2, 0) is 4.79 Å². The van der Waals surface area contributed by atoms with Crippen LogP contribution in [0.15, 0.2) is 40.9 Å². The molecule has 5 nitrogen and oxygen atoms in total. The van der Waals surface area contributed by atoms with E-state index in [0.717, 1.165) is 27.2 Å². The molecule has 0 saturated heterocycles. The van der Waals surface area contributed by atoms with Crippen molar-refractivity contribution in [2.45, 2.75) is 6.92 Å². The zero-order valence-electron chi connectivity index (χ0n) is 12.0. The van der Waals surface area contributed by atoms with E-state index < -0.39 is 0 Å². The number of anilines is 2. The van der Waals surface area contributed by atoms with Crippen LogP contribution in [0.4, 0.5) is 11.4 Å². The lowest BCUT2D eigenvalue weighted by Crippen LogP contribution is -2.21. The summed E-state index contributed by atoms with van der Waals surface area (Å²) in [5.74, 6) is 1.28. The number of hydrogen-bond donors (Lipinski definition) is 2. The third-order valence-corrected chi connectivity index (χ3v) is 3.88. The van der Waals surface area contributed by atoms with Crippen LogP contribution in [0.5, 0.6) is 11.5 Å². The first-order chi connectivity index (χ1) is 10.6. The minimum absolute atomic E-state index is 0.123. The van der Waals surface area contributed by atoms with Crippen molar-refractivity contribution in [3.63, 3.8) is 0 Å². The molecule has 1 amide bonds. The van der Waals surface area contributed by atoms with Gasteiger partial charge in [-0.3, -0.25) is 4.79 Å². The summed E-state index contributed by atoms with van der Waals surface area (Å²) in [5, 5.41) is 5.92. The molecule has 1 heterocycles. The fourth-order valence-corrected chi connectivity index (χ4v) is 2.70. The molecule has 0 unspecified atom stereocenters. The highest BCUT2D eigenvalue weighted by atomic mass is 79.9. The molecule has 22 heavy (non-hydrogen) atoms. The molecule has 0 bridgehead atoms. The number of benzene rings is 2. The molecule has 0 fully saturated rings. The van der Waals surface area contributed by atoms with Gasteiger partial charge in [-0.15, -0.1) is 0 Å². The molecule has 1 aliphatic rings.